The number of halogens is 1. The van der Waals surface area contributed by atoms with Crippen molar-refractivity contribution in [2.45, 2.75) is 19.0 Å². The van der Waals surface area contributed by atoms with Crippen LogP contribution in [0.25, 0.3) is 0 Å². The van der Waals surface area contributed by atoms with Crippen LogP contribution in [-0.4, -0.2) is 82.2 Å². The van der Waals surface area contributed by atoms with Gasteiger partial charge in [0.25, 0.3) is 0 Å². The van der Waals surface area contributed by atoms with Crippen LogP contribution >= 0.6 is 24.0 Å². The predicted molar refractivity (Wildman–Crippen MR) is 131 cm³/mol. The summed E-state index contributed by atoms with van der Waals surface area (Å²) in [6.45, 7) is 7.10. The van der Waals surface area contributed by atoms with Crippen molar-refractivity contribution in [3.05, 3.63) is 36.4 Å². The van der Waals surface area contributed by atoms with Crippen molar-refractivity contribution in [3.63, 3.8) is 0 Å². The lowest BCUT2D eigenvalue weighted by Crippen LogP contribution is -2.45. The lowest BCUT2D eigenvalue weighted by molar-refractivity contribution is -0.127. The lowest BCUT2D eigenvalue weighted by Gasteiger charge is -2.19. The Balaban J connectivity index is 0.00000450. The summed E-state index contributed by atoms with van der Waals surface area (Å²) in [5.41, 5.74) is 1.15. The molecule has 1 unspecified atom stereocenters. The van der Waals surface area contributed by atoms with E-state index in [0.29, 0.717) is 12.5 Å². The number of likely N-dealkylation sites (tertiary alicyclic amines) is 1. The van der Waals surface area contributed by atoms with E-state index in [1.165, 1.54) is 4.90 Å². The van der Waals surface area contributed by atoms with Gasteiger partial charge in [-0.25, -0.2) is 4.99 Å². The quantitative estimate of drug-likeness (QED) is 0.219. The molecule has 1 amide bonds. The number of nitrogens with zero attached hydrogens (tertiary/aromatic N) is 3. The molecule has 0 saturated carbocycles. The Morgan fingerprint density at radius 3 is 2.53 bits per heavy atom. The second kappa shape index (κ2) is 13.3. The molecule has 1 aliphatic heterocycles. The van der Waals surface area contributed by atoms with Crippen LogP contribution in [0.3, 0.4) is 0 Å². The molecule has 2 rings (SSSR count). The highest BCUT2D eigenvalue weighted by atomic mass is 127. The van der Waals surface area contributed by atoms with Gasteiger partial charge in [-0.3, -0.25) is 9.69 Å². The van der Waals surface area contributed by atoms with Gasteiger partial charge in [0, 0.05) is 52.4 Å². The number of nitrogens with one attached hydrogen (secondary N) is 2. The first kappa shape index (κ1) is 26.0. The summed E-state index contributed by atoms with van der Waals surface area (Å²) >= 11 is 0. The van der Waals surface area contributed by atoms with Crippen LogP contribution in [-0.2, 0) is 11.3 Å². The van der Waals surface area contributed by atoms with Gasteiger partial charge in [-0.15, -0.1) is 30.6 Å². The summed E-state index contributed by atoms with van der Waals surface area (Å²) in [7, 11) is 6.77. The highest BCUT2D eigenvalue weighted by Crippen LogP contribution is 2.24. The Morgan fingerprint density at radius 1 is 1.30 bits per heavy atom. The van der Waals surface area contributed by atoms with Crippen LogP contribution < -0.4 is 20.1 Å². The van der Waals surface area contributed by atoms with Crippen molar-refractivity contribution in [1.82, 2.24) is 20.4 Å². The maximum absolute atomic E-state index is 11.8. The summed E-state index contributed by atoms with van der Waals surface area (Å²) in [5, 5.41) is 6.62. The average Bonchev–Trinajstić information content (AvgIpc) is 3.15. The summed E-state index contributed by atoms with van der Waals surface area (Å²) in [6.07, 6.45) is 2.76. The molecule has 0 aromatic heterocycles. The van der Waals surface area contributed by atoms with Crippen LogP contribution in [0.15, 0.2) is 35.8 Å². The number of hydrogen-bond donors (Lipinski definition) is 2. The second-order valence-corrected chi connectivity index (χ2v) is 7.21. The Hall–Kier alpha value is -2.01. The number of guanidine groups is 1. The van der Waals surface area contributed by atoms with E-state index >= 15 is 0 Å². The van der Waals surface area contributed by atoms with Gasteiger partial charge in [0.05, 0.1) is 14.2 Å². The van der Waals surface area contributed by atoms with Gasteiger partial charge in [0.2, 0.25) is 5.91 Å². The van der Waals surface area contributed by atoms with Crippen LogP contribution in [0.5, 0.6) is 11.5 Å². The topological polar surface area (TPSA) is 78.4 Å². The first-order valence-electron chi connectivity index (χ1n) is 9.75. The number of rotatable bonds is 9. The molecule has 0 radical (unpaired) electrons. The van der Waals surface area contributed by atoms with E-state index in [9.17, 15) is 4.79 Å². The zero-order chi connectivity index (χ0) is 21.2. The Labute approximate surface area is 196 Å². The lowest BCUT2D eigenvalue weighted by atomic mass is 10.2. The first-order chi connectivity index (χ1) is 13.9. The molecule has 168 valence electrons. The molecule has 1 aromatic carbocycles. The number of likely N-dealkylation sites (N-methyl/N-ethyl adjacent to an activating group) is 1. The fourth-order valence-electron chi connectivity index (χ4n) is 3.11. The summed E-state index contributed by atoms with van der Waals surface area (Å²) < 4.78 is 10.7. The van der Waals surface area contributed by atoms with Crippen LogP contribution in [0.2, 0.25) is 0 Å². The van der Waals surface area contributed by atoms with Crippen LogP contribution in [0, 0.1) is 0 Å². The fraction of sp³-hybridized carbons (Fsp3) is 0.524. The van der Waals surface area contributed by atoms with E-state index in [-0.39, 0.29) is 42.5 Å². The summed E-state index contributed by atoms with van der Waals surface area (Å²) in [6, 6.07) is 6.21. The van der Waals surface area contributed by atoms with Crippen molar-refractivity contribution in [1.29, 1.82) is 0 Å². The van der Waals surface area contributed by atoms with E-state index in [1.54, 1.807) is 34.4 Å². The first-order valence-corrected chi connectivity index (χ1v) is 9.75. The fourth-order valence-corrected chi connectivity index (χ4v) is 3.11. The maximum atomic E-state index is 11.8. The molecule has 1 fully saturated rings. The molecular formula is C21H34IN5O3. The molecule has 30 heavy (non-hydrogen) atoms. The molecule has 1 aromatic rings. The molecule has 2 N–H and O–H groups in total. The van der Waals surface area contributed by atoms with Crippen molar-refractivity contribution < 1.29 is 14.3 Å². The molecule has 9 heteroatoms. The number of ether oxygens (including phenoxy) is 2. The Bertz CT molecular complexity index is 704. The third kappa shape index (κ3) is 8.39. The van der Waals surface area contributed by atoms with Gasteiger partial charge in [0.15, 0.2) is 5.96 Å². The van der Waals surface area contributed by atoms with E-state index < -0.39 is 0 Å². The normalized spacial score (nSPS) is 16.4. The minimum atomic E-state index is -0.0373. The molecule has 0 bridgehead atoms. The van der Waals surface area contributed by atoms with Gasteiger partial charge >= 0.3 is 0 Å². The Morgan fingerprint density at radius 2 is 1.97 bits per heavy atom. The predicted octanol–water partition coefficient (Wildman–Crippen LogP) is 1.71. The van der Waals surface area contributed by atoms with Gasteiger partial charge in [0.1, 0.15) is 18.0 Å². The zero-order valence-electron chi connectivity index (χ0n) is 18.3. The smallest absolute Gasteiger partial charge is 0.243 e. The van der Waals surface area contributed by atoms with Crippen molar-refractivity contribution in [3.8, 4) is 11.5 Å². The number of benzene rings is 1. The molecule has 0 aliphatic carbocycles. The molecule has 1 atom stereocenters. The second-order valence-electron chi connectivity index (χ2n) is 7.21. The minimum absolute atomic E-state index is 0. The third-order valence-corrected chi connectivity index (χ3v) is 4.72. The number of carbonyl (C=O) groups excluding carboxylic acids is 1. The van der Waals surface area contributed by atoms with Gasteiger partial charge < -0.3 is 25.0 Å². The molecule has 8 nitrogen and oxygen atoms in total. The van der Waals surface area contributed by atoms with E-state index in [0.717, 1.165) is 43.1 Å². The number of amides is 1. The van der Waals surface area contributed by atoms with E-state index in [4.69, 9.17) is 9.47 Å². The SMILES string of the molecule is C=CCNC(=NCC(=O)N(C)C)NC1CCN(Cc2cc(OC)cc(OC)c2)C1.I. The van der Waals surface area contributed by atoms with E-state index in [1.807, 2.05) is 18.2 Å². The highest BCUT2D eigenvalue weighted by Gasteiger charge is 2.23. The molecule has 1 aliphatic rings. The monoisotopic (exact) mass is 531 g/mol. The maximum Gasteiger partial charge on any atom is 0.243 e. The third-order valence-electron chi connectivity index (χ3n) is 4.72. The number of aliphatic imine (C=N–C) groups is 1. The van der Waals surface area contributed by atoms with Crippen molar-refractivity contribution >= 4 is 35.8 Å². The molecular weight excluding hydrogens is 497 g/mol. The number of hydrogen-bond acceptors (Lipinski definition) is 5. The summed E-state index contributed by atoms with van der Waals surface area (Å²) in [4.78, 5) is 20.1. The largest absolute Gasteiger partial charge is 0.497 e. The number of methoxy groups -OCH3 is 2. The minimum Gasteiger partial charge on any atom is -0.497 e. The Kier molecular flexibility index (Phi) is 11.6. The standard InChI is InChI=1S/C21H33N5O3.HI/c1-6-8-22-21(23-13-20(27)25(2)3)24-17-7-9-26(15-17)14-16-10-18(28-4)12-19(11-16)29-5;/h6,10-12,17H,1,7-9,13-15H2,2-5H3,(H2,22,23,24);1H. The molecule has 1 heterocycles. The van der Waals surface area contributed by atoms with Crippen LogP contribution in [0.4, 0.5) is 0 Å². The summed E-state index contributed by atoms with van der Waals surface area (Å²) in [5.74, 6) is 2.18. The van der Waals surface area contributed by atoms with Crippen LogP contribution in [0.1, 0.15) is 12.0 Å². The van der Waals surface area contributed by atoms with Gasteiger partial charge in [-0.05, 0) is 24.1 Å². The van der Waals surface area contributed by atoms with Crippen molar-refractivity contribution in [2.75, 3.05) is 54.5 Å². The molecule has 0 spiro atoms. The molecule has 1 saturated heterocycles. The van der Waals surface area contributed by atoms with E-state index in [2.05, 4.69) is 27.1 Å². The van der Waals surface area contributed by atoms with Gasteiger partial charge in [-0.2, -0.15) is 0 Å². The zero-order valence-corrected chi connectivity index (χ0v) is 20.6. The average molecular weight is 531 g/mol. The highest BCUT2D eigenvalue weighted by molar-refractivity contribution is 14.0. The van der Waals surface area contributed by atoms with Crippen molar-refractivity contribution in [2.24, 2.45) is 4.99 Å². The van der Waals surface area contributed by atoms with Gasteiger partial charge in [-0.1, -0.05) is 6.08 Å². The number of carbonyl (C=O) groups is 1.